The van der Waals surface area contributed by atoms with Gasteiger partial charge in [-0.05, 0) is 31.7 Å². The molecule has 3 nitrogen and oxygen atoms in total. The van der Waals surface area contributed by atoms with Crippen molar-refractivity contribution in [2.45, 2.75) is 39.7 Å². The van der Waals surface area contributed by atoms with Gasteiger partial charge in [-0.25, -0.2) is 0 Å². The highest BCUT2D eigenvalue weighted by molar-refractivity contribution is 5.59. The molecule has 0 bridgehead atoms. The van der Waals surface area contributed by atoms with Gasteiger partial charge in [0.25, 0.3) is 0 Å². The summed E-state index contributed by atoms with van der Waals surface area (Å²) in [5.74, 6) is 1.54. The van der Waals surface area contributed by atoms with Crippen molar-refractivity contribution in [3.63, 3.8) is 0 Å². The van der Waals surface area contributed by atoms with Gasteiger partial charge in [-0.2, -0.15) is 0 Å². The molecule has 3 N–H and O–H groups in total. The van der Waals surface area contributed by atoms with Crippen LogP contribution >= 0.6 is 0 Å². The van der Waals surface area contributed by atoms with Crippen molar-refractivity contribution in [3.8, 4) is 5.75 Å². The molecule has 0 aliphatic carbocycles. The molecule has 1 aromatic carbocycles. The maximum Gasteiger partial charge on any atom is 0.122 e. The minimum absolute atomic E-state index is 0.448. The van der Waals surface area contributed by atoms with Crippen LogP contribution in [-0.4, -0.2) is 13.2 Å². The van der Waals surface area contributed by atoms with Gasteiger partial charge in [-0.3, -0.25) is 0 Å². The number of hydrogen-bond donors (Lipinski definition) is 2. The molecule has 0 radical (unpaired) electrons. The highest BCUT2D eigenvalue weighted by Gasteiger charge is 2.05. The summed E-state index contributed by atoms with van der Waals surface area (Å²) >= 11 is 0. The Bertz CT molecular complexity index is 350. The van der Waals surface area contributed by atoms with E-state index >= 15 is 0 Å². The number of nitrogens with one attached hydrogen (secondary N) is 1. The van der Waals surface area contributed by atoms with Crippen molar-refractivity contribution in [2.75, 3.05) is 18.2 Å². The largest absolute Gasteiger partial charge is 0.497 e. The molecule has 0 aliphatic rings. The molecule has 0 aromatic heterocycles. The van der Waals surface area contributed by atoms with Gasteiger partial charge < -0.3 is 15.8 Å². The van der Waals surface area contributed by atoms with Crippen LogP contribution in [0.4, 0.5) is 11.4 Å². The van der Waals surface area contributed by atoms with Crippen LogP contribution in [0.1, 0.15) is 33.6 Å². The number of methoxy groups -OCH3 is 1. The van der Waals surface area contributed by atoms with E-state index in [1.807, 2.05) is 18.2 Å². The molecule has 1 unspecified atom stereocenters. The van der Waals surface area contributed by atoms with Crippen LogP contribution in [0.5, 0.6) is 5.75 Å². The molecular formula is C14H24N2O. The summed E-state index contributed by atoms with van der Waals surface area (Å²) < 4.78 is 5.20. The van der Waals surface area contributed by atoms with Gasteiger partial charge in [-0.15, -0.1) is 0 Å². The summed E-state index contributed by atoms with van der Waals surface area (Å²) in [4.78, 5) is 0. The number of nitrogens with two attached hydrogens (primary N) is 1. The normalized spacial score (nSPS) is 12.5. The molecule has 1 rings (SSSR count). The van der Waals surface area contributed by atoms with Crippen LogP contribution in [0.25, 0.3) is 0 Å². The highest BCUT2D eigenvalue weighted by Crippen LogP contribution is 2.23. The first-order chi connectivity index (χ1) is 8.01. The fourth-order valence-corrected chi connectivity index (χ4v) is 1.76. The molecule has 0 aliphatic heterocycles. The van der Waals surface area contributed by atoms with Gasteiger partial charge in [0.05, 0.1) is 7.11 Å². The lowest BCUT2D eigenvalue weighted by Crippen LogP contribution is -2.16. The van der Waals surface area contributed by atoms with E-state index in [1.165, 1.54) is 6.42 Å². The second kappa shape index (κ2) is 6.38. The number of ether oxygens (including phenoxy) is 1. The molecule has 0 heterocycles. The zero-order chi connectivity index (χ0) is 12.8. The number of anilines is 2. The fraction of sp³-hybridized carbons (Fsp3) is 0.571. The minimum Gasteiger partial charge on any atom is -0.497 e. The Hall–Kier alpha value is -1.38. The third-order valence-electron chi connectivity index (χ3n) is 2.75. The molecule has 1 atom stereocenters. The zero-order valence-electron chi connectivity index (χ0n) is 11.3. The van der Waals surface area contributed by atoms with Gasteiger partial charge in [0.15, 0.2) is 0 Å². The molecule has 0 saturated carbocycles. The Morgan fingerprint density at radius 1 is 1.18 bits per heavy atom. The summed E-state index contributed by atoms with van der Waals surface area (Å²) in [6.07, 6.45) is 2.39. The predicted molar refractivity (Wildman–Crippen MR) is 74.6 cm³/mol. The predicted octanol–water partition coefficient (Wildman–Crippen LogP) is 3.51. The van der Waals surface area contributed by atoms with Gasteiger partial charge in [0.1, 0.15) is 5.75 Å². The maximum absolute atomic E-state index is 5.81. The molecule has 3 heteroatoms. The lowest BCUT2D eigenvalue weighted by molar-refractivity contribution is 0.415. The molecule has 0 amide bonds. The van der Waals surface area contributed by atoms with E-state index in [4.69, 9.17) is 10.5 Å². The smallest absolute Gasteiger partial charge is 0.122 e. The lowest BCUT2D eigenvalue weighted by Gasteiger charge is -2.17. The van der Waals surface area contributed by atoms with Crippen LogP contribution in [0.3, 0.4) is 0 Å². The van der Waals surface area contributed by atoms with E-state index < -0.39 is 0 Å². The lowest BCUT2D eigenvalue weighted by atomic mass is 10.0. The molecule has 0 spiro atoms. The summed E-state index contributed by atoms with van der Waals surface area (Å²) in [6.45, 7) is 6.69. The minimum atomic E-state index is 0.448. The van der Waals surface area contributed by atoms with E-state index in [9.17, 15) is 0 Å². The summed E-state index contributed by atoms with van der Waals surface area (Å²) in [5.41, 5.74) is 7.56. The number of nitrogen functional groups attached to an aromatic ring is 1. The molecule has 17 heavy (non-hydrogen) atoms. The Morgan fingerprint density at radius 3 is 2.47 bits per heavy atom. The first-order valence-electron chi connectivity index (χ1n) is 6.22. The van der Waals surface area contributed by atoms with Crippen molar-refractivity contribution in [3.05, 3.63) is 18.2 Å². The van der Waals surface area contributed by atoms with Crippen molar-refractivity contribution in [2.24, 2.45) is 5.92 Å². The molecular weight excluding hydrogens is 212 g/mol. The van der Waals surface area contributed by atoms with Crippen molar-refractivity contribution in [1.82, 2.24) is 0 Å². The van der Waals surface area contributed by atoms with Gasteiger partial charge in [0.2, 0.25) is 0 Å². The SMILES string of the molecule is COc1cc(N)cc(NC(C)CCC(C)C)c1. The molecule has 1 aromatic rings. The number of hydrogen-bond acceptors (Lipinski definition) is 3. The average molecular weight is 236 g/mol. The summed E-state index contributed by atoms with van der Waals surface area (Å²) in [7, 11) is 1.65. The van der Waals surface area contributed by atoms with Crippen LogP contribution in [0.15, 0.2) is 18.2 Å². The number of benzene rings is 1. The van der Waals surface area contributed by atoms with Crippen LogP contribution in [-0.2, 0) is 0 Å². The second-order valence-electron chi connectivity index (χ2n) is 5.01. The molecule has 96 valence electrons. The fourth-order valence-electron chi connectivity index (χ4n) is 1.76. The molecule has 0 fully saturated rings. The zero-order valence-corrected chi connectivity index (χ0v) is 11.3. The van der Waals surface area contributed by atoms with Crippen molar-refractivity contribution >= 4 is 11.4 Å². The first kappa shape index (κ1) is 13.7. The van der Waals surface area contributed by atoms with E-state index in [1.54, 1.807) is 7.11 Å². The van der Waals surface area contributed by atoms with E-state index in [0.717, 1.165) is 29.5 Å². The quantitative estimate of drug-likeness (QED) is 0.743. The molecule has 0 saturated heterocycles. The maximum atomic E-state index is 5.81. The van der Waals surface area contributed by atoms with Gasteiger partial charge in [0, 0.05) is 29.5 Å². The Morgan fingerprint density at radius 2 is 1.88 bits per heavy atom. The van der Waals surface area contributed by atoms with E-state index in [0.29, 0.717) is 6.04 Å². The van der Waals surface area contributed by atoms with E-state index in [2.05, 4.69) is 26.1 Å². The third-order valence-corrected chi connectivity index (χ3v) is 2.75. The number of rotatable bonds is 6. The first-order valence-corrected chi connectivity index (χ1v) is 6.22. The second-order valence-corrected chi connectivity index (χ2v) is 5.01. The third kappa shape index (κ3) is 4.98. The van der Waals surface area contributed by atoms with Crippen LogP contribution in [0.2, 0.25) is 0 Å². The summed E-state index contributed by atoms with van der Waals surface area (Å²) in [6, 6.07) is 6.18. The van der Waals surface area contributed by atoms with Gasteiger partial charge >= 0.3 is 0 Å². The van der Waals surface area contributed by atoms with Gasteiger partial charge in [-0.1, -0.05) is 13.8 Å². The highest BCUT2D eigenvalue weighted by atomic mass is 16.5. The Labute approximate surface area is 104 Å². The standard InChI is InChI=1S/C14H24N2O/c1-10(2)5-6-11(3)16-13-7-12(15)8-14(9-13)17-4/h7-11,16H,5-6,15H2,1-4H3. The van der Waals surface area contributed by atoms with E-state index in [-0.39, 0.29) is 0 Å². The Balaban J connectivity index is 2.58. The van der Waals surface area contributed by atoms with Crippen LogP contribution < -0.4 is 15.8 Å². The summed E-state index contributed by atoms with van der Waals surface area (Å²) in [5, 5.41) is 3.45. The van der Waals surface area contributed by atoms with Crippen LogP contribution in [0, 0.1) is 5.92 Å². The van der Waals surface area contributed by atoms with Crippen molar-refractivity contribution < 1.29 is 4.74 Å². The average Bonchev–Trinajstić information content (AvgIpc) is 2.25. The van der Waals surface area contributed by atoms with Crippen molar-refractivity contribution in [1.29, 1.82) is 0 Å². The Kier molecular flexibility index (Phi) is 5.13. The topological polar surface area (TPSA) is 47.3 Å². The monoisotopic (exact) mass is 236 g/mol.